The number of fused-ring (bicyclic) bond motifs is 2. The number of likely N-dealkylation sites (tertiary alicyclic amines) is 1. The summed E-state index contributed by atoms with van der Waals surface area (Å²) in [5, 5.41) is 12.5. The van der Waals surface area contributed by atoms with E-state index in [-0.39, 0.29) is 10.9 Å². The highest BCUT2D eigenvalue weighted by atomic mass is 32.2. The standard InChI is InChI=1S/C25H30N2O4S/c1-15-3-6-17-11-22-25(29)12-18-10-21(32(2,30)31)23(28)26-20(18)13-24(25,19(17)9-15)7-8-27(22)14-16-4-5-16/h3,6,9-10,16,22,29H,4-5,7-8,11-14H2,1-2H3,(H,26,28)/t22-,24-,25-/m1/s1. The molecule has 0 unspecified atom stereocenters. The Morgan fingerprint density at radius 2 is 1.97 bits per heavy atom. The van der Waals surface area contributed by atoms with Gasteiger partial charge in [-0.2, -0.15) is 0 Å². The minimum atomic E-state index is -3.64. The molecule has 1 saturated carbocycles. The fraction of sp³-hybridized carbons (Fsp3) is 0.560. The van der Waals surface area contributed by atoms with Gasteiger partial charge in [-0.25, -0.2) is 8.42 Å². The third-order valence-electron chi connectivity index (χ3n) is 8.55. The second-order valence-corrected chi connectivity index (χ2v) is 12.7. The van der Waals surface area contributed by atoms with Crippen LogP contribution in [0.5, 0.6) is 0 Å². The van der Waals surface area contributed by atoms with Gasteiger partial charge >= 0.3 is 0 Å². The average Bonchev–Trinajstić information content (AvgIpc) is 3.52. The lowest BCUT2D eigenvalue weighted by molar-refractivity contribution is -0.152. The van der Waals surface area contributed by atoms with Crippen LogP contribution in [0.2, 0.25) is 0 Å². The van der Waals surface area contributed by atoms with E-state index in [9.17, 15) is 18.3 Å². The number of hydrogen-bond acceptors (Lipinski definition) is 5. The number of hydrogen-bond donors (Lipinski definition) is 2. The lowest BCUT2D eigenvalue weighted by Crippen LogP contribution is -2.74. The molecule has 1 aliphatic heterocycles. The van der Waals surface area contributed by atoms with Crippen LogP contribution in [0.4, 0.5) is 0 Å². The molecule has 4 aliphatic rings. The Morgan fingerprint density at radius 1 is 1.19 bits per heavy atom. The highest BCUT2D eigenvalue weighted by Crippen LogP contribution is 2.57. The molecule has 0 radical (unpaired) electrons. The summed E-state index contributed by atoms with van der Waals surface area (Å²) in [7, 11) is -3.64. The number of benzene rings is 1. The molecule has 2 N–H and O–H groups in total. The number of pyridine rings is 1. The van der Waals surface area contributed by atoms with Gasteiger partial charge in [0.15, 0.2) is 9.84 Å². The minimum Gasteiger partial charge on any atom is -0.387 e. The smallest absolute Gasteiger partial charge is 0.266 e. The zero-order valence-electron chi connectivity index (χ0n) is 18.6. The molecule has 6 nitrogen and oxygen atoms in total. The van der Waals surface area contributed by atoms with Gasteiger partial charge in [-0.05, 0) is 67.8 Å². The molecule has 6 rings (SSSR count). The SMILES string of the molecule is Cc1ccc2c(c1)[C@]13CCN(CC4CC4)[C@H](C2)[C@]1(O)Cc1cc(S(C)(=O)=O)c(=O)[nH]c1C3. The van der Waals surface area contributed by atoms with Crippen LogP contribution < -0.4 is 5.56 Å². The maximum absolute atomic E-state index is 12.6. The first-order valence-corrected chi connectivity index (χ1v) is 13.5. The van der Waals surface area contributed by atoms with Crippen LogP contribution in [-0.4, -0.2) is 54.4 Å². The van der Waals surface area contributed by atoms with Crippen molar-refractivity contribution in [3.8, 4) is 0 Å². The lowest BCUT2D eigenvalue weighted by atomic mass is 9.49. The Hall–Kier alpha value is -1.96. The van der Waals surface area contributed by atoms with Gasteiger partial charge in [0.2, 0.25) is 0 Å². The van der Waals surface area contributed by atoms with Gasteiger partial charge in [0.1, 0.15) is 4.90 Å². The molecule has 32 heavy (non-hydrogen) atoms. The van der Waals surface area contributed by atoms with Gasteiger partial charge < -0.3 is 10.1 Å². The summed E-state index contributed by atoms with van der Waals surface area (Å²) in [4.78, 5) is 17.8. The number of aromatic amines is 1. The van der Waals surface area contributed by atoms with Crippen molar-refractivity contribution in [3.05, 3.63) is 62.6 Å². The first kappa shape index (κ1) is 20.6. The van der Waals surface area contributed by atoms with Crippen molar-refractivity contribution in [2.45, 2.75) is 67.4 Å². The molecule has 170 valence electrons. The first-order valence-electron chi connectivity index (χ1n) is 11.6. The van der Waals surface area contributed by atoms with Gasteiger partial charge in [-0.15, -0.1) is 0 Å². The lowest BCUT2D eigenvalue weighted by Gasteiger charge is -2.64. The summed E-state index contributed by atoms with van der Waals surface area (Å²) < 4.78 is 24.4. The summed E-state index contributed by atoms with van der Waals surface area (Å²) in [6.45, 7) is 4.05. The van der Waals surface area contributed by atoms with Gasteiger partial charge in [0, 0.05) is 42.8 Å². The maximum atomic E-state index is 12.6. The molecule has 7 heteroatoms. The summed E-state index contributed by atoms with van der Waals surface area (Å²) in [6.07, 6.45) is 6.13. The summed E-state index contributed by atoms with van der Waals surface area (Å²) in [5.74, 6) is 0.731. The zero-order valence-corrected chi connectivity index (χ0v) is 19.5. The quantitative estimate of drug-likeness (QED) is 0.739. The van der Waals surface area contributed by atoms with E-state index in [1.807, 2.05) is 0 Å². The molecule has 1 aromatic carbocycles. The van der Waals surface area contributed by atoms with Crippen molar-refractivity contribution in [1.29, 1.82) is 0 Å². The molecule has 3 atom stereocenters. The van der Waals surface area contributed by atoms with Crippen LogP contribution in [0.1, 0.15) is 47.2 Å². The van der Waals surface area contributed by atoms with E-state index in [0.717, 1.165) is 49.4 Å². The molecule has 2 heterocycles. The monoisotopic (exact) mass is 454 g/mol. The number of nitrogens with zero attached hydrogens (tertiary/aromatic N) is 1. The van der Waals surface area contributed by atoms with Crippen molar-refractivity contribution >= 4 is 9.84 Å². The van der Waals surface area contributed by atoms with Crippen LogP contribution >= 0.6 is 0 Å². The topological polar surface area (TPSA) is 90.5 Å². The van der Waals surface area contributed by atoms with Crippen LogP contribution in [0, 0.1) is 12.8 Å². The predicted octanol–water partition coefficient (Wildman–Crippen LogP) is 1.89. The van der Waals surface area contributed by atoms with E-state index in [4.69, 9.17) is 0 Å². The van der Waals surface area contributed by atoms with Gasteiger partial charge in [0.05, 0.1) is 5.60 Å². The van der Waals surface area contributed by atoms with Gasteiger partial charge in [-0.1, -0.05) is 23.8 Å². The minimum absolute atomic E-state index is 0.00572. The van der Waals surface area contributed by atoms with Crippen LogP contribution in [0.25, 0.3) is 0 Å². The van der Waals surface area contributed by atoms with E-state index in [2.05, 4.69) is 35.0 Å². The molecule has 1 aromatic heterocycles. The number of piperidine rings is 1. The van der Waals surface area contributed by atoms with Crippen molar-refractivity contribution < 1.29 is 13.5 Å². The summed E-state index contributed by atoms with van der Waals surface area (Å²) in [6, 6.07) is 8.10. The fourth-order valence-corrected chi connectivity index (χ4v) is 7.51. The summed E-state index contributed by atoms with van der Waals surface area (Å²) >= 11 is 0. The molecule has 2 fully saturated rings. The van der Waals surface area contributed by atoms with E-state index >= 15 is 0 Å². The zero-order chi connectivity index (χ0) is 22.5. The van der Waals surface area contributed by atoms with E-state index < -0.39 is 26.4 Å². The van der Waals surface area contributed by atoms with Crippen molar-refractivity contribution in [3.63, 3.8) is 0 Å². The molecular weight excluding hydrogens is 424 g/mol. The molecule has 0 spiro atoms. The first-order chi connectivity index (χ1) is 15.1. The number of rotatable bonds is 3. The summed E-state index contributed by atoms with van der Waals surface area (Å²) in [5.41, 5.74) is 3.18. The molecule has 3 aliphatic carbocycles. The van der Waals surface area contributed by atoms with Crippen LogP contribution in [0.15, 0.2) is 34.0 Å². The molecule has 2 bridgehead atoms. The molecule has 1 saturated heterocycles. The van der Waals surface area contributed by atoms with E-state index in [0.29, 0.717) is 12.8 Å². The predicted molar refractivity (Wildman–Crippen MR) is 122 cm³/mol. The Labute approximate surface area is 188 Å². The van der Waals surface area contributed by atoms with Crippen LogP contribution in [-0.2, 0) is 34.5 Å². The Morgan fingerprint density at radius 3 is 2.69 bits per heavy atom. The molecule has 2 aromatic rings. The van der Waals surface area contributed by atoms with Gasteiger partial charge in [-0.3, -0.25) is 9.69 Å². The van der Waals surface area contributed by atoms with Gasteiger partial charge in [0.25, 0.3) is 5.56 Å². The maximum Gasteiger partial charge on any atom is 0.266 e. The third kappa shape index (κ3) is 2.83. The second-order valence-electron chi connectivity index (χ2n) is 10.7. The number of sulfone groups is 1. The number of aromatic nitrogens is 1. The number of aryl methyl sites for hydroxylation is 1. The largest absolute Gasteiger partial charge is 0.387 e. The number of nitrogens with one attached hydrogen (secondary N) is 1. The van der Waals surface area contributed by atoms with E-state index in [1.165, 1.54) is 35.6 Å². The van der Waals surface area contributed by atoms with Crippen LogP contribution in [0.3, 0.4) is 0 Å². The Bertz CT molecular complexity index is 1300. The third-order valence-corrected chi connectivity index (χ3v) is 9.65. The van der Waals surface area contributed by atoms with Crippen molar-refractivity contribution in [2.24, 2.45) is 5.92 Å². The molecule has 0 amide bonds. The number of H-pyrrole nitrogens is 1. The fourth-order valence-electron chi connectivity index (χ4n) is 6.76. The van der Waals surface area contributed by atoms with Crippen molar-refractivity contribution in [2.75, 3.05) is 19.3 Å². The second kappa shape index (κ2) is 6.55. The highest BCUT2D eigenvalue weighted by Gasteiger charge is 2.64. The van der Waals surface area contributed by atoms with Crippen molar-refractivity contribution in [1.82, 2.24) is 9.88 Å². The van der Waals surface area contributed by atoms with E-state index in [1.54, 1.807) is 0 Å². The average molecular weight is 455 g/mol. The molecular formula is C25H30N2O4S. The number of aliphatic hydroxyl groups is 1. The Kier molecular flexibility index (Phi) is 4.22. The highest BCUT2D eigenvalue weighted by molar-refractivity contribution is 7.90. The normalized spacial score (nSPS) is 31.5. The Balaban J connectivity index is 1.55.